The molecule has 0 bridgehead atoms. The van der Waals surface area contributed by atoms with Gasteiger partial charge >= 0.3 is 0 Å². The number of aliphatic hydroxyl groups excluding tert-OH is 1. The zero-order valence-corrected chi connectivity index (χ0v) is 6.39. The summed E-state index contributed by atoms with van der Waals surface area (Å²) in [4.78, 5) is 1.82. The minimum atomic E-state index is -0.373. The van der Waals surface area contributed by atoms with E-state index in [1.54, 1.807) is 6.92 Å². The van der Waals surface area contributed by atoms with Gasteiger partial charge in [0.05, 0.1) is 0 Å². The molecule has 1 atom stereocenters. The lowest BCUT2D eigenvalue weighted by Crippen LogP contribution is -2.29. The molecule has 0 aliphatic heterocycles. The Kier molecular flexibility index (Phi) is 3.50. The molecule has 1 N–H and O–H groups in total. The lowest BCUT2D eigenvalue weighted by atomic mass is 10.3. The number of likely N-dealkylation sites (N-methyl/N-ethyl adjacent to an activating group) is 1. The topological polar surface area (TPSA) is 23.5 Å². The van der Waals surface area contributed by atoms with Crippen molar-refractivity contribution in [2.75, 3.05) is 13.6 Å². The van der Waals surface area contributed by atoms with E-state index in [0.29, 0.717) is 0 Å². The highest BCUT2D eigenvalue weighted by Gasteiger charge is 2.02. The normalized spacial score (nSPS) is 13.9. The van der Waals surface area contributed by atoms with E-state index in [4.69, 9.17) is 5.11 Å². The van der Waals surface area contributed by atoms with Crippen LogP contribution in [-0.4, -0.2) is 29.8 Å². The first-order valence-corrected chi connectivity index (χ1v) is 3.06. The van der Waals surface area contributed by atoms with Gasteiger partial charge in [0.15, 0.2) is 0 Å². The summed E-state index contributed by atoms with van der Waals surface area (Å²) >= 11 is 0. The van der Waals surface area contributed by atoms with E-state index in [0.717, 1.165) is 12.1 Å². The lowest BCUT2D eigenvalue weighted by molar-refractivity contribution is 0.0452. The third kappa shape index (κ3) is 4.18. The van der Waals surface area contributed by atoms with Crippen molar-refractivity contribution in [3.05, 3.63) is 12.2 Å². The average Bonchev–Trinajstić information content (AvgIpc) is 1.63. The molecule has 0 radical (unpaired) electrons. The van der Waals surface area contributed by atoms with Crippen LogP contribution < -0.4 is 0 Å². The average molecular weight is 129 g/mol. The van der Waals surface area contributed by atoms with Crippen LogP contribution >= 0.6 is 0 Å². The molecule has 0 amide bonds. The van der Waals surface area contributed by atoms with Gasteiger partial charge in [0.1, 0.15) is 6.23 Å². The number of hydrogen-bond donors (Lipinski definition) is 1. The van der Waals surface area contributed by atoms with Crippen molar-refractivity contribution < 1.29 is 5.11 Å². The van der Waals surface area contributed by atoms with Crippen LogP contribution in [0.3, 0.4) is 0 Å². The van der Waals surface area contributed by atoms with Crippen LogP contribution in [0.25, 0.3) is 0 Å². The summed E-state index contributed by atoms with van der Waals surface area (Å²) < 4.78 is 0. The van der Waals surface area contributed by atoms with Crippen molar-refractivity contribution in [1.29, 1.82) is 0 Å². The summed E-state index contributed by atoms with van der Waals surface area (Å²) in [6, 6.07) is 0. The number of aliphatic hydroxyl groups is 1. The Morgan fingerprint density at radius 2 is 2.22 bits per heavy atom. The van der Waals surface area contributed by atoms with E-state index in [9.17, 15) is 0 Å². The lowest BCUT2D eigenvalue weighted by Gasteiger charge is -2.19. The van der Waals surface area contributed by atoms with Crippen molar-refractivity contribution in [1.82, 2.24) is 4.90 Å². The summed E-state index contributed by atoms with van der Waals surface area (Å²) in [6.07, 6.45) is -0.373. The fraction of sp³-hybridized carbons (Fsp3) is 0.714. The summed E-state index contributed by atoms with van der Waals surface area (Å²) in [6.45, 7) is 8.17. The van der Waals surface area contributed by atoms with Crippen LogP contribution in [0, 0.1) is 0 Å². The first-order valence-electron chi connectivity index (χ1n) is 3.06. The Balaban J connectivity index is 3.50. The fourth-order valence-electron chi connectivity index (χ4n) is 0.558. The van der Waals surface area contributed by atoms with E-state index in [2.05, 4.69) is 6.58 Å². The zero-order valence-electron chi connectivity index (χ0n) is 6.39. The molecule has 9 heavy (non-hydrogen) atoms. The van der Waals surface area contributed by atoms with Gasteiger partial charge in [0.2, 0.25) is 0 Å². The minimum Gasteiger partial charge on any atom is -0.379 e. The van der Waals surface area contributed by atoms with E-state index in [1.165, 1.54) is 0 Å². The monoisotopic (exact) mass is 129 g/mol. The quantitative estimate of drug-likeness (QED) is 0.450. The standard InChI is InChI=1S/C7H15NO/c1-6(2)5-8(4)7(3)9/h7,9H,1,5H2,2-4H3. The second-order valence-corrected chi connectivity index (χ2v) is 2.50. The highest BCUT2D eigenvalue weighted by Crippen LogP contribution is 1.95. The van der Waals surface area contributed by atoms with Gasteiger partial charge < -0.3 is 5.11 Å². The van der Waals surface area contributed by atoms with Gasteiger partial charge in [-0.25, -0.2) is 0 Å². The number of nitrogens with zero attached hydrogens (tertiary/aromatic N) is 1. The molecule has 0 saturated carbocycles. The Hall–Kier alpha value is -0.340. The summed E-state index contributed by atoms with van der Waals surface area (Å²) in [5.74, 6) is 0. The van der Waals surface area contributed by atoms with E-state index >= 15 is 0 Å². The van der Waals surface area contributed by atoms with Crippen LogP contribution in [0.15, 0.2) is 12.2 Å². The van der Waals surface area contributed by atoms with Crippen LogP contribution in [0.1, 0.15) is 13.8 Å². The van der Waals surface area contributed by atoms with Crippen molar-refractivity contribution >= 4 is 0 Å². The molecule has 0 fully saturated rings. The molecular formula is C7H15NO. The predicted molar refractivity (Wildman–Crippen MR) is 39.1 cm³/mol. The maximum atomic E-state index is 8.95. The largest absolute Gasteiger partial charge is 0.379 e. The van der Waals surface area contributed by atoms with E-state index in [1.807, 2.05) is 18.9 Å². The summed E-state index contributed by atoms with van der Waals surface area (Å²) in [5.41, 5.74) is 1.07. The summed E-state index contributed by atoms with van der Waals surface area (Å²) in [5, 5.41) is 8.95. The molecule has 0 aromatic heterocycles. The van der Waals surface area contributed by atoms with Crippen molar-refractivity contribution in [3.63, 3.8) is 0 Å². The van der Waals surface area contributed by atoms with Crippen LogP contribution in [-0.2, 0) is 0 Å². The Morgan fingerprint density at radius 1 is 1.78 bits per heavy atom. The van der Waals surface area contributed by atoms with Gasteiger partial charge in [-0.15, -0.1) is 0 Å². The Bertz CT molecular complexity index is 99.1. The molecule has 0 aromatic carbocycles. The molecule has 0 aromatic rings. The zero-order chi connectivity index (χ0) is 7.44. The molecule has 0 aliphatic carbocycles. The second-order valence-electron chi connectivity index (χ2n) is 2.50. The Morgan fingerprint density at radius 3 is 2.33 bits per heavy atom. The van der Waals surface area contributed by atoms with Crippen LogP contribution in [0.4, 0.5) is 0 Å². The van der Waals surface area contributed by atoms with Gasteiger partial charge in [-0.1, -0.05) is 12.2 Å². The van der Waals surface area contributed by atoms with E-state index < -0.39 is 0 Å². The maximum absolute atomic E-state index is 8.95. The minimum absolute atomic E-state index is 0.373. The molecular weight excluding hydrogens is 114 g/mol. The molecule has 2 heteroatoms. The van der Waals surface area contributed by atoms with Gasteiger partial charge in [-0.2, -0.15) is 0 Å². The molecule has 0 aliphatic rings. The van der Waals surface area contributed by atoms with Gasteiger partial charge in [0, 0.05) is 6.54 Å². The predicted octanol–water partition coefficient (Wildman–Crippen LogP) is 0.833. The van der Waals surface area contributed by atoms with Crippen molar-refractivity contribution in [2.24, 2.45) is 0 Å². The first kappa shape index (κ1) is 8.66. The smallest absolute Gasteiger partial charge is 0.104 e. The molecule has 0 spiro atoms. The molecule has 2 nitrogen and oxygen atoms in total. The molecule has 1 unspecified atom stereocenters. The highest BCUT2D eigenvalue weighted by atomic mass is 16.3. The molecule has 0 heterocycles. The first-order chi connectivity index (χ1) is 4.04. The number of rotatable bonds is 3. The van der Waals surface area contributed by atoms with Gasteiger partial charge in [-0.3, -0.25) is 4.90 Å². The second kappa shape index (κ2) is 3.64. The van der Waals surface area contributed by atoms with Gasteiger partial charge in [0.25, 0.3) is 0 Å². The van der Waals surface area contributed by atoms with E-state index in [-0.39, 0.29) is 6.23 Å². The highest BCUT2D eigenvalue weighted by molar-refractivity contribution is 4.91. The summed E-state index contributed by atoms with van der Waals surface area (Å²) in [7, 11) is 1.86. The van der Waals surface area contributed by atoms with Gasteiger partial charge in [-0.05, 0) is 20.9 Å². The van der Waals surface area contributed by atoms with Crippen molar-refractivity contribution in [2.45, 2.75) is 20.1 Å². The van der Waals surface area contributed by atoms with Crippen LogP contribution in [0.5, 0.6) is 0 Å². The molecule has 0 rings (SSSR count). The number of hydrogen-bond acceptors (Lipinski definition) is 2. The maximum Gasteiger partial charge on any atom is 0.104 e. The molecule has 0 saturated heterocycles. The SMILES string of the molecule is C=C(C)CN(C)C(C)O. The Labute approximate surface area is 56.8 Å². The molecule has 54 valence electrons. The fourth-order valence-corrected chi connectivity index (χ4v) is 0.558. The third-order valence-electron chi connectivity index (χ3n) is 1.16. The van der Waals surface area contributed by atoms with Crippen LogP contribution in [0.2, 0.25) is 0 Å². The third-order valence-corrected chi connectivity index (χ3v) is 1.16. The van der Waals surface area contributed by atoms with Crippen molar-refractivity contribution in [3.8, 4) is 0 Å².